The number of carbonyl (C=O) groups excluding carboxylic acids is 2. The number of benzene rings is 2. The first-order chi connectivity index (χ1) is 18.2. The summed E-state index contributed by atoms with van der Waals surface area (Å²) >= 11 is 0. The molecule has 39 heavy (non-hydrogen) atoms. The lowest BCUT2D eigenvalue weighted by Gasteiger charge is -2.44. The maximum Gasteiger partial charge on any atom is 0.408 e. The van der Waals surface area contributed by atoms with Crippen LogP contribution in [0.1, 0.15) is 54.9 Å². The van der Waals surface area contributed by atoms with Gasteiger partial charge in [-0.3, -0.25) is 4.79 Å². The van der Waals surface area contributed by atoms with Gasteiger partial charge in [0, 0.05) is 5.92 Å². The summed E-state index contributed by atoms with van der Waals surface area (Å²) in [7, 11) is -1.59. The molecule has 3 atom stereocenters. The van der Waals surface area contributed by atoms with Crippen LogP contribution in [0.5, 0.6) is 0 Å². The van der Waals surface area contributed by atoms with Crippen molar-refractivity contribution < 1.29 is 28.6 Å². The number of rotatable bonds is 11. The van der Waals surface area contributed by atoms with E-state index in [-0.39, 0.29) is 24.0 Å². The van der Waals surface area contributed by atoms with E-state index < -0.39 is 38.1 Å². The number of aliphatic hydroxyl groups is 1. The summed E-state index contributed by atoms with van der Waals surface area (Å²) in [6.45, 7) is 13.8. The molecule has 0 saturated carbocycles. The molecule has 0 radical (unpaired) electrons. The van der Waals surface area contributed by atoms with Gasteiger partial charge in [0.1, 0.15) is 5.60 Å². The summed E-state index contributed by atoms with van der Waals surface area (Å²) in [6, 6.07) is 19.6. The molecule has 0 aliphatic rings. The summed E-state index contributed by atoms with van der Waals surface area (Å²) in [5.74, 6) is -0.760. The van der Waals surface area contributed by atoms with E-state index in [1.165, 1.54) is 7.11 Å². The molecular formula is C31H45NO6Si. The molecule has 214 valence electrons. The number of esters is 1. The number of ether oxygens (including phenoxy) is 2. The zero-order valence-electron chi connectivity index (χ0n) is 24.6. The Hall–Kier alpha value is -2.94. The van der Waals surface area contributed by atoms with Crippen molar-refractivity contribution in [3.05, 3.63) is 72.8 Å². The van der Waals surface area contributed by atoms with Crippen LogP contribution in [0.2, 0.25) is 5.04 Å². The van der Waals surface area contributed by atoms with E-state index in [2.05, 4.69) is 55.1 Å². The molecule has 0 fully saturated rings. The van der Waals surface area contributed by atoms with Crippen molar-refractivity contribution in [3.8, 4) is 0 Å². The van der Waals surface area contributed by atoms with Crippen LogP contribution in [0.25, 0.3) is 0 Å². The predicted octanol–water partition coefficient (Wildman–Crippen LogP) is 4.57. The number of nitrogens with one attached hydrogen (secondary N) is 1. The van der Waals surface area contributed by atoms with E-state index in [1.807, 2.05) is 43.3 Å². The van der Waals surface area contributed by atoms with Gasteiger partial charge in [-0.1, -0.05) is 101 Å². The molecule has 0 saturated heterocycles. The number of alkyl carbamates (subject to hydrolysis) is 1. The summed E-state index contributed by atoms with van der Waals surface area (Å²) in [4.78, 5) is 24.4. The zero-order valence-corrected chi connectivity index (χ0v) is 25.6. The van der Waals surface area contributed by atoms with Crippen LogP contribution in [0.4, 0.5) is 4.79 Å². The number of hydrogen-bond donors (Lipinski definition) is 2. The van der Waals surface area contributed by atoms with Crippen LogP contribution in [-0.4, -0.2) is 57.0 Å². The van der Waals surface area contributed by atoms with E-state index in [4.69, 9.17) is 9.16 Å². The second-order valence-corrected chi connectivity index (χ2v) is 16.1. The summed E-state index contributed by atoms with van der Waals surface area (Å²) in [5, 5.41) is 16.2. The molecule has 0 heterocycles. The first-order valence-corrected chi connectivity index (χ1v) is 15.3. The molecule has 0 unspecified atom stereocenters. The van der Waals surface area contributed by atoms with Crippen LogP contribution < -0.4 is 15.7 Å². The van der Waals surface area contributed by atoms with Crippen molar-refractivity contribution in [1.29, 1.82) is 0 Å². The number of methoxy groups -OCH3 is 1. The number of amides is 1. The summed E-state index contributed by atoms with van der Waals surface area (Å²) < 4.78 is 17.2. The van der Waals surface area contributed by atoms with Crippen LogP contribution in [0.3, 0.4) is 0 Å². The van der Waals surface area contributed by atoms with Gasteiger partial charge in [0.2, 0.25) is 0 Å². The molecule has 0 aromatic heterocycles. The first kappa shape index (κ1) is 32.3. The molecule has 8 heteroatoms. The van der Waals surface area contributed by atoms with Gasteiger partial charge in [0.05, 0.1) is 32.3 Å². The zero-order chi connectivity index (χ0) is 29.3. The van der Waals surface area contributed by atoms with Crippen LogP contribution in [-0.2, 0) is 18.7 Å². The van der Waals surface area contributed by atoms with Gasteiger partial charge in [-0.2, -0.15) is 0 Å². The van der Waals surface area contributed by atoms with E-state index in [1.54, 1.807) is 32.9 Å². The molecular weight excluding hydrogens is 510 g/mol. The van der Waals surface area contributed by atoms with Gasteiger partial charge >= 0.3 is 12.1 Å². The largest absolute Gasteiger partial charge is 0.469 e. The van der Waals surface area contributed by atoms with E-state index in [0.29, 0.717) is 0 Å². The lowest BCUT2D eigenvalue weighted by Crippen LogP contribution is -2.68. The second-order valence-electron chi connectivity index (χ2n) is 11.8. The molecule has 7 nitrogen and oxygen atoms in total. The minimum absolute atomic E-state index is 0.0584. The fourth-order valence-electron chi connectivity index (χ4n) is 4.60. The fourth-order valence-corrected chi connectivity index (χ4v) is 9.19. The molecule has 0 bridgehead atoms. The van der Waals surface area contributed by atoms with Gasteiger partial charge in [0.15, 0.2) is 0 Å². The van der Waals surface area contributed by atoms with Gasteiger partial charge in [0.25, 0.3) is 8.32 Å². The van der Waals surface area contributed by atoms with Gasteiger partial charge in [-0.25, -0.2) is 4.79 Å². The Morgan fingerprint density at radius 1 is 0.949 bits per heavy atom. The van der Waals surface area contributed by atoms with Gasteiger partial charge in [-0.15, -0.1) is 0 Å². The van der Waals surface area contributed by atoms with Crippen LogP contribution in [0, 0.1) is 5.92 Å². The average Bonchev–Trinajstić information content (AvgIpc) is 2.87. The van der Waals surface area contributed by atoms with Crippen molar-refractivity contribution in [2.45, 2.75) is 77.7 Å². The van der Waals surface area contributed by atoms with Crippen molar-refractivity contribution in [1.82, 2.24) is 5.32 Å². The van der Waals surface area contributed by atoms with E-state index >= 15 is 0 Å². The second kappa shape index (κ2) is 13.9. The molecule has 2 aromatic carbocycles. The summed E-state index contributed by atoms with van der Waals surface area (Å²) in [5.41, 5.74) is -0.704. The highest BCUT2D eigenvalue weighted by molar-refractivity contribution is 6.99. The predicted molar refractivity (Wildman–Crippen MR) is 158 cm³/mol. The minimum atomic E-state index is -2.92. The third kappa shape index (κ3) is 9.05. The molecule has 0 aliphatic carbocycles. The number of aliphatic hydroxyl groups excluding tert-OH is 1. The lowest BCUT2D eigenvalue weighted by atomic mass is 9.97. The molecule has 2 aromatic rings. The Balaban J connectivity index is 2.47. The van der Waals surface area contributed by atoms with Crippen LogP contribution >= 0.6 is 0 Å². The fraction of sp³-hybridized carbons (Fsp3) is 0.484. The normalized spacial score (nSPS) is 14.9. The molecule has 2 N–H and O–H groups in total. The molecule has 0 spiro atoms. The maximum absolute atomic E-state index is 12.8. The highest BCUT2D eigenvalue weighted by Gasteiger charge is 2.50. The van der Waals surface area contributed by atoms with Crippen molar-refractivity contribution in [2.75, 3.05) is 13.7 Å². The molecule has 0 aliphatic heterocycles. The average molecular weight is 556 g/mol. The van der Waals surface area contributed by atoms with Gasteiger partial charge in [-0.05, 0) is 36.2 Å². The highest BCUT2D eigenvalue weighted by Crippen LogP contribution is 2.37. The third-order valence-electron chi connectivity index (χ3n) is 6.50. The first-order valence-electron chi connectivity index (χ1n) is 13.4. The van der Waals surface area contributed by atoms with Crippen molar-refractivity contribution >= 4 is 30.8 Å². The number of carbonyl (C=O) groups is 2. The Labute approximate surface area is 234 Å². The lowest BCUT2D eigenvalue weighted by molar-refractivity contribution is -0.139. The molecule has 2 rings (SSSR count). The van der Waals surface area contributed by atoms with Crippen molar-refractivity contribution in [3.63, 3.8) is 0 Å². The topological polar surface area (TPSA) is 94.1 Å². The minimum Gasteiger partial charge on any atom is -0.469 e. The van der Waals surface area contributed by atoms with Crippen molar-refractivity contribution in [2.24, 2.45) is 5.92 Å². The maximum atomic E-state index is 12.8. The third-order valence-corrected chi connectivity index (χ3v) is 11.5. The Kier molecular flexibility index (Phi) is 11.5. The summed E-state index contributed by atoms with van der Waals surface area (Å²) in [6.07, 6.45) is 1.85. The Morgan fingerprint density at radius 2 is 1.46 bits per heavy atom. The smallest absolute Gasteiger partial charge is 0.408 e. The quantitative estimate of drug-likeness (QED) is 0.240. The van der Waals surface area contributed by atoms with Gasteiger partial charge < -0.3 is 24.3 Å². The molecule has 1 amide bonds. The standard InChI is InChI=1S/C31H45NO6Si/c1-23(16-15-21-27(33)36-8)28(34)26(32-29(35)38-30(2,3)4)22-37-39(31(5,6)7,24-17-11-9-12-18-24)25-19-13-10-14-20-25/h9-20,23,26,28,34H,21-22H2,1-8H3,(H,32,35)/b16-15+/t23-,26-,28+/m0/s1. The Morgan fingerprint density at radius 3 is 1.90 bits per heavy atom. The monoisotopic (exact) mass is 555 g/mol. The number of hydrogen-bond acceptors (Lipinski definition) is 6. The Bertz CT molecular complexity index is 1040. The van der Waals surface area contributed by atoms with E-state index in [9.17, 15) is 14.7 Å². The SMILES string of the molecule is COC(=O)C/C=C/[C@H](C)[C@@H](O)[C@H](CO[Si](c1ccccc1)(c1ccccc1)C(C)(C)C)NC(=O)OC(C)(C)C. The van der Waals surface area contributed by atoms with E-state index in [0.717, 1.165) is 10.4 Å². The highest BCUT2D eigenvalue weighted by atomic mass is 28.4. The van der Waals surface area contributed by atoms with Crippen LogP contribution in [0.15, 0.2) is 72.8 Å².